The van der Waals surface area contributed by atoms with E-state index in [1.54, 1.807) is 34.6 Å². The Kier molecular flexibility index (Phi) is 6.77. The number of nitrogens with zero attached hydrogens (tertiary/aromatic N) is 3. The van der Waals surface area contributed by atoms with Gasteiger partial charge in [0.2, 0.25) is 0 Å². The van der Waals surface area contributed by atoms with E-state index >= 15 is 4.39 Å². The van der Waals surface area contributed by atoms with E-state index < -0.39 is 11.7 Å². The van der Waals surface area contributed by atoms with Gasteiger partial charge in [-0.15, -0.1) is 0 Å². The van der Waals surface area contributed by atoms with Gasteiger partial charge in [0.25, 0.3) is 5.91 Å². The smallest absolute Gasteiger partial charge is 0.258 e. The Morgan fingerprint density at radius 1 is 1.27 bits per heavy atom. The molecule has 0 saturated carbocycles. The van der Waals surface area contributed by atoms with E-state index in [2.05, 4.69) is 10.4 Å². The normalized spacial score (nSPS) is 15.7. The zero-order chi connectivity index (χ0) is 26.1. The highest BCUT2D eigenvalue weighted by Gasteiger charge is 2.24. The van der Waals surface area contributed by atoms with Gasteiger partial charge in [-0.25, -0.2) is 4.39 Å². The van der Waals surface area contributed by atoms with Crippen LogP contribution in [0.2, 0.25) is 0 Å². The molecule has 1 atom stereocenters. The first kappa shape index (κ1) is 24.7. The Morgan fingerprint density at radius 3 is 2.81 bits per heavy atom. The molecule has 4 aromatic rings. The zero-order valence-corrected chi connectivity index (χ0v) is 20.5. The maximum absolute atomic E-state index is 15.8. The third kappa shape index (κ3) is 5.11. The van der Waals surface area contributed by atoms with Crippen LogP contribution < -0.4 is 5.32 Å². The van der Waals surface area contributed by atoms with E-state index in [4.69, 9.17) is 9.47 Å². The van der Waals surface area contributed by atoms with Crippen LogP contribution in [0.15, 0.2) is 49.1 Å². The number of hydrogen-bond donors (Lipinski definition) is 2. The number of hydrogen-bond acceptors (Lipinski definition) is 6. The number of halogens is 1. The Morgan fingerprint density at radius 2 is 2.11 bits per heavy atom. The summed E-state index contributed by atoms with van der Waals surface area (Å²) in [5.41, 5.74) is 1.88. The molecule has 1 aliphatic heterocycles. The summed E-state index contributed by atoms with van der Waals surface area (Å²) in [6, 6.07) is 6.00. The van der Waals surface area contributed by atoms with Crippen molar-refractivity contribution in [1.82, 2.24) is 14.2 Å². The molecule has 1 unspecified atom stereocenters. The minimum absolute atomic E-state index is 0.0444. The topological polar surface area (TPSA) is 107 Å². The Balaban J connectivity index is 1.52. The number of pyridine rings is 1. The number of Topliss-reactive ketones (excluding diaryl/α,β-unsaturated/α-hetero) is 1. The molecule has 2 N–H and O–H groups in total. The van der Waals surface area contributed by atoms with Crippen LogP contribution in [0.3, 0.4) is 0 Å². The van der Waals surface area contributed by atoms with E-state index in [0.29, 0.717) is 23.3 Å². The fourth-order valence-electron chi connectivity index (χ4n) is 4.51. The fourth-order valence-corrected chi connectivity index (χ4v) is 4.51. The van der Waals surface area contributed by atoms with Crippen molar-refractivity contribution in [3.63, 3.8) is 0 Å². The number of aromatic nitrogens is 3. The maximum atomic E-state index is 15.8. The van der Waals surface area contributed by atoms with E-state index in [9.17, 15) is 14.7 Å². The van der Waals surface area contributed by atoms with Crippen molar-refractivity contribution >= 4 is 22.9 Å². The molecule has 37 heavy (non-hydrogen) atoms. The number of aryl methyl sites for hydroxylation is 1. The van der Waals surface area contributed by atoms with E-state index in [1.807, 2.05) is 0 Å². The van der Waals surface area contributed by atoms with Crippen molar-refractivity contribution in [2.75, 3.05) is 11.9 Å². The third-order valence-corrected chi connectivity index (χ3v) is 6.34. The summed E-state index contributed by atoms with van der Waals surface area (Å²) >= 11 is 0. The van der Waals surface area contributed by atoms with Crippen LogP contribution in [-0.4, -0.2) is 43.9 Å². The number of ether oxygens (including phenoxy) is 2. The highest BCUT2D eigenvalue weighted by Crippen LogP contribution is 2.32. The molecule has 4 heterocycles. The molecule has 0 aliphatic carbocycles. The van der Waals surface area contributed by atoms with Crippen molar-refractivity contribution in [2.45, 2.75) is 39.1 Å². The Hall–Kier alpha value is -4.02. The number of amides is 1. The van der Waals surface area contributed by atoms with Gasteiger partial charge in [-0.2, -0.15) is 5.10 Å². The number of carbonyl (C=O) groups excluding carboxylic acids is 2. The molecular weight excluding hydrogens is 479 g/mol. The molecule has 0 radical (unpaired) electrons. The second-order valence-electron chi connectivity index (χ2n) is 9.12. The summed E-state index contributed by atoms with van der Waals surface area (Å²) in [6.07, 6.45) is 8.72. The number of nitrogens with one attached hydrogen (secondary N) is 1. The standard InChI is InChI=1S/C27H27FN4O5/c1-16(33)21-14-32-7-6-19(34)11-23(32)25(21)27(35)30-22-10-17(15-37-24-5-3-4-8-36-24)9-20(26(22)28)18-12-29-31(2)13-18/h6-7,9-14,24,34H,3-5,8,15H2,1-2H3,(H,30,35). The molecule has 10 heteroatoms. The maximum Gasteiger partial charge on any atom is 0.258 e. The second-order valence-corrected chi connectivity index (χ2v) is 9.12. The molecule has 1 amide bonds. The molecule has 1 saturated heterocycles. The van der Waals surface area contributed by atoms with Gasteiger partial charge in [0.05, 0.1) is 29.6 Å². The molecule has 9 nitrogen and oxygen atoms in total. The van der Waals surface area contributed by atoms with Crippen molar-refractivity contribution < 1.29 is 28.6 Å². The third-order valence-electron chi connectivity index (χ3n) is 6.34. The van der Waals surface area contributed by atoms with Gasteiger partial charge < -0.3 is 24.3 Å². The van der Waals surface area contributed by atoms with Crippen LogP contribution in [0.4, 0.5) is 10.1 Å². The molecule has 3 aromatic heterocycles. The van der Waals surface area contributed by atoms with Crippen LogP contribution in [0, 0.1) is 5.82 Å². The quantitative estimate of drug-likeness (QED) is 0.353. The summed E-state index contributed by atoms with van der Waals surface area (Å²) in [7, 11) is 1.73. The highest BCUT2D eigenvalue weighted by molar-refractivity contribution is 6.16. The molecule has 192 valence electrons. The monoisotopic (exact) mass is 506 g/mol. The SMILES string of the molecule is CC(=O)c1cn2ccc(O)cc2c1C(=O)Nc1cc(COC2CCCCO2)cc(-c2cnn(C)c2)c1F. The van der Waals surface area contributed by atoms with Gasteiger partial charge >= 0.3 is 0 Å². The minimum Gasteiger partial charge on any atom is -0.508 e. The van der Waals surface area contributed by atoms with Crippen LogP contribution in [-0.2, 0) is 23.1 Å². The number of anilines is 1. The summed E-state index contributed by atoms with van der Waals surface area (Å²) in [5.74, 6) is -1.72. The van der Waals surface area contributed by atoms with Crippen molar-refractivity contribution in [1.29, 1.82) is 0 Å². The number of fused-ring (bicyclic) bond motifs is 1. The van der Waals surface area contributed by atoms with E-state index in [1.165, 1.54) is 37.5 Å². The summed E-state index contributed by atoms with van der Waals surface area (Å²) in [4.78, 5) is 25.8. The number of carbonyl (C=O) groups is 2. The van der Waals surface area contributed by atoms with Gasteiger partial charge in [-0.1, -0.05) is 0 Å². The Labute approximate surface area is 212 Å². The van der Waals surface area contributed by atoms with Gasteiger partial charge in [-0.05, 0) is 49.9 Å². The zero-order valence-electron chi connectivity index (χ0n) is 20.5. The number of aromatic hydroxyl groups is 1. The van der Waals surface area contributed by atoms with Crippen molar-refractivity contribution in [3.05, 3.63) is 71.6 Å². The number of rotatable bonds is 7. The molecule has 0 spiro atoms. The van der Waals surface area contributed by atoms with Crippen LogP contribution in [0.25, 0.3) is 16.6 Å². The first-order valence-electron chi connectivity index (χ1n) is 12.0. The Bertz CT molecular complexity index is 1490. The van der Waals surface area contributed by atoms with Crippen molar-refractivity contribution in [3.8, 4) is 16.9 Å². The summed E-state index contributed by atoms with van der Waals surface area (Å²) in [5, 5.41) is 16.7. The van der Waals surface area contributed by atoms with E-state index in [0.717, 1.165) is 19.3 Å². The molecule has 5 rings (SSSR count). The molecule has 1 aromatic carbocycles. The van der Waals surface area contributed by atoms with Crippen LogP contribution in [0.5, 0.6) is 5.75 Å². The van der Waals surface area contributed by atoms with Gasteiger partial charge in [0.15, 0.2) is 17.9 Å². The van der Waals surface area contributed by atoms with Crippen molar-refractivity contribution in [2.24, 2.45) is 7.05 Å². The van der Waals surface area contributed by atoms with Crippen LogP contribution in [0.1, 0.15) is 52.5 Å². The average molecular weight is 507 g/mol. The lowest BCUT2D eigenvalue weighted by Gasteiger charge is -2.23. The predicted octanol–water partition coefficient (Wildman–Crippen LogP) is 4.68. The van der Waals surface area contributed by atoms with E-state index in [-0.39, 0.29) is 46.8 Å². The van der Waals surface area contributed by atoms with Crippen LogP contribution >= 0.6 is 0 Å². The second kappa shape index (κ2) is 10.2. The first-order chi connectivity index (χ1) is 17.8. The van der Waals surface area contributed by atoms with Gasteiger partial charge in [-0.3, -0.25) is 14.3 Å². The lowest BCUT2D eigenvalue weighted by atomic mass is 10.0. The minimum atomic E-state index is -0.678. The first-order valence-corrected chi connectivity index (χ1v) is 12.0. The lowest BCUT2D eigenvalue weighted by molar-refractivity contribution is -0.168. The summed E-state index contributed by atoms with van der Waals surface area (Å²) < 4.78 is 30.4. The summed E-state index contributed by atoms with van der Waals surface area (Å²) in [6.45, 7) is 2.14. The molecule has 1 fully saturated rings. The predicted molar refractivity (Wildman–Crippen MR) is 134 cm³/mol. The number of benzene rings is 1. The average Bonchev–Trinajstić information content (AvgIpc) is 3.48. The van der Waals surface area contributed by atoms with Gasteiger partial charge in [0, 0.05) is 55.0 Å². The largest absolute Gasteiger partial charge is 0.508 e. The highest BCUT2D eigenvalue weighted by atomic mass is 19.1. The lowest BCUT2D eigenvalue weighted by Crippen LogP contribution is -2.22. The molecular formula is C27H27FN4O5. The molecule has 1 aliphatic rings. The molecule has 0 bridgehead atoms. The van der Waals surface area contributed by atoms with Gasteiger partial charge in [0.1, 0.15) is 5.75 Å². The number of ketones is 1. The fraction of sp³-hybridized carbons (Fsp3) is 0.296.